The van der Waals surface area contributed by atoms with E-state index in [-0.39, 0.29) is 11.7 Å². The highest BCUT2D eigenvalue weighted by molar-refractivity contribution is 7.92. The fourth-order valence-electron chi connectivity index (χ4n) is 2.34. The lowest BCUT2D eigenvalue weighted by molar-refractivity contribution is -0.117. The monoisotopic (exact) mass is 310 g/mol. The minimum absolute atomic E-state index is 0.0309. The van der Waals surface area contributed by atoms with Crippen LogP contribution in [-0.2, 0) is 21.2 Å². The molecule has 0 saturated heterocycles. The van der Waals surface area contributed by atoms with Gasteiger partial charge in [-0.1, -0.05) is 20.3 Å². The number of rotatable bonds is 6. The molecule has 0 spiro atoms. The average Bonchev–Trinajstić information content (AvgIpc) is 2.74. The lowest BCUT2D eigenvalue weighted by atomic mass is 10.1. The largest absolute Gasteiger partial charge is 0.312 e. The van der Waals surface area contributed by atoms with Gasteiger partial charge in [0, 0.05) is 17.9 Å². The molecule has 1 aromatic rings. The summed E-state index contributed by atoms with van der Waals surface area (Å²) >= 11 is 0. The van der Waals surface area contributed by atoms with Gasteiger partial charge in [-0.15, -0.1) is 0 Å². The molecule has 1 amide bonds. The number of carbonyl (C=O) groups is 1. The van der Waals surface area contributed by atoms with Crippen molar-refractivity contribution in [3.63, 3.8) is 0 Å². The molecule has 0 unspecified atom stereocenters. The standard InChI is InChI=1S/C15H22N2O3S/c1-4-11(3)10-17-14-7-6-13(16-21(19,20)5-2)8-12(14)9-15(17)18/h6-8,11,16H,4-5,9-10H2,1-3H3/t11-/m1/s1. The van der Waals surface area contributed by atoms with Gasteiger partial charge in [-0.25, -0.2) is 8.42 Å². The lowest BCUT2D eigenvalue weighted by Gasteiger charge is -2.21. The summed E-state index contributed by atoms with van der Waals surface area (Å²) < 4.78 is 25.7. The molecule has 6 heteroatoms. The number of hydrogen-bond acceptors (Lipinski definition) is 3. The average molecular weight is 310 g/mol. The number of nitrogens with one attached hydrogen (secondary N) is 1. The van der Waals surface area contributed by atoms with Gasteiger partial charge in [0.25, 0.3) is 0 Å². The van der Waals surface area contributed by atoms with Gasteiger partial charge in [0.05, 0.1) is 12.2 Å². The molecule has 116 valence electrons. The van der Waals surface area contributed by atoms with Crippen LogP contribution in [0.3, 0.4) is 0 Å². The van der Waals surface area contributed by atoms with E-state index >= 15 is 0 Å². The highest BCUT2D eigenvalue weighted by atomic mass is 32.2. The van der Waals surface area contributed by atoms with Gasteiger partial charge in [0.1, 0.15) is 0 Å². The molecule has 5 nitrogen and oxygen atoms in total. The normalized spacial score (nSPS) is 16.0. The Morgan fingerprint density at radius 3 is 2.67 bits per heavy atom. The van der Waals surface area contributed by atoms with Gasteiger partial charge >= 0.3 is 0 Å². The van der Waals surface area contributed by atoms with Crippen LogP contribution in [0.5, 0.6) is 0 Å². The van der Waals surface area contributed by atoms with Gasteiger partial charge < -0.3 is 4.90 Å². The van der Waals surface area contributed by atoms with E-state index in [1.165, 1.54) is 0 Å². The summed E-state index contributed by atoms with van der Waals surface area (Å²) in [4.78, 5) is 13.9. The van der Waals surface area contributed by atoms with Crippen molar-refractivity contribution >= 4 is 27.3 Å². The first-order chi connectivity index (χ1) is 9.86. The van der Waals surface area contributed by atoms with Crippen LogP contribution in [0.15, 0.2) is 18.2 Å². The molecule has 1 aromatic carbocycles. The zero-order chi connectivity index (χ0) is 15.6. The first kappa shape index (κ1) is 15.8. The molecule has 1 aliphatic heterocycles. The van der Waals surface area contributed by atoms with Crippen molar-refractivity contribution in [1.82, 2.24) is 0 Å². The van der Waals surface area contributed by atoms with Crippen molar-refractivity contribution in [2.75, 3.05) is 21.9 Å². The summed E-state index contributed by atoms with van der Waals surface area (Å²) in [5.41, 5.74) is 2.31. The zero-order valence-corrected chi connectivity index (χ0v) is 13.5. The predicted molar refractivity (Wildman–Crippen MR) is 85.0 cm³/mol. The van der Waals surface area contributed by atoms with Crippen LogP contribution in [-0.4, -0.2) is 26.6 Å². The second kappa shape index (κ2) is 6.05. The number of fused-ring (bicyclic) bond motifs is 1. The minimum atomic E-state index is -3.29. The Bertz CT molecular complexity index is 640. The maximum atomic E-state index is 12.1. The van der Waals surface area contributed by atoms with Crippen molar-refractivity contribution in [1.29, 1.82) is 0 Å². The molecule has 0 fully saturated rings. The summed E-state index contributed by atoms with van der Waals surface area (Å²) in [6, 6.07) is 5.31. The van der Waals surface area contributed by atoms with Gasteiger partial charge in [0.2, 0.25) is 15.9 Å². The molecule has 1 atom stereocenters. The Labute approximate surface area is 126 Å². The summed E-state index contributed by atoms with van der Waals surface area (Å²) in [5, 5.41) is 0. The first-order valence-electron chi connectivity index (χ1n) is 7.30. The van der Waals surface area contributed by atoms with Crippen LogP contribution < -0.4 is 9.62 Å². The van der Waals surface area contributed by atoms with E-state index in [2.05, 4.69) is 18.6 Å². The Morgan fingerprint density at radius 2 is 2.05 bits per heavy atom. The molecular formula is C15H22N2O3S. The summed E-state index contributed by atoms with van der Waals surface area (Å²) in [6.45, 7) is 6.53. The SMILES string of the molecule is CC[C@@H](C)CN1C(=O)Cc2cc(NS(=O)(=O)CC)ccc21. The summed E-state index contributed by atoms with van der Waals surface area (Å²) in [7, 11) is -3.29. The van der Waals surface area contributed by atoms with E-state index in [9.17, 15) is 13.2 Å². The van der Waals surface area contributed by atoms with E-state index in [4.69, 9.17) is 0 Å². The Balaban J connectivity index is 2.23. The predicted octanol–water partition coefficient (Wildman–Crippen LogP) is 2.38. The number of amides is 1. The van der Waals surface area contributed by atoms with Crippen LogP contribution in [0.4, 0.5) is 11.4 Å². The topological polar surface area (TPSA) is 66.5 Å². The Morgan fingerprint density at radius 1 is 1.33 bits per heavy atom. The fraction of sp³-hybridized carbons (Fsp3) is 0.533. The number of benzene rings is 1. The maximum absolute atomic E-state index is 12.1. The molecule has 2 rings (SSSR count). The second-order valence-corrected chi connectivity index (χ2v) is 7.55. The minimum Gasteiger partial charge on any atom is -0.312 e. The van der Waals surface area contributed by atoms with Gasteiger partial charge in [0.15, 0.2) is 0 Å². The molecule has 0 saturated carbocycles. The molecule has 1 heterocycles. The molecule has 0 bridgehead atoms. The number of carbonyl (C=O) groups excluding carboxylic acids is 1. The third kappa shape index (κ3) is 3.56. The van der Waals surface area contributed by atoms with Crippen molar-refractivity contribution in [3.8, 4) is 0 Å². The van der Waals surface area contributed by atoms with Gasteiger partial charge in [-0.3, -0.25) is 9.52 Å². The van der Waals surface area contributed by atoms with Gasteiger partial charge in [-0.05, 0) is 36.6 Å². The molecule has 21 heavy (non-hydrogen) atoms. The van der Waals surface area contributed by atoms with Crippen molar-refractivity contribution in [3.05, 3.63) is 23.8 Å². The quantitative estimate of drug-likeness (QED) is 0.877. The number of anilines is 2. The molecule has 0 radical (unpaired) electrons. The van der Waals surface area contributed by atoms with E-state index < -0.39 is 10.0 Å². The molecule has 1 aliphatic rings. The number of nitrogens with zero attached hydrogens (tertiary/aromatic N) is 1. The van der Waals surface area contributed by atoms with E-state index in [1.54, 1.807) is 19.1 Å². The summed E-state index contributed by atoms with van der Waals surface area (Å²) in [6.07, 6.45) is 1.36. The lowest BCUT2D eigenvalue weighted by Crippen LogP contribution is -2.31. The summed E-state index contributed by atoms with van der Waals surface area (Å²) in [5.74, 6) is 0.558. The van der Waals surface area contributed by atoms with Crippen molar-refractivity contribution in [2.45, 2.75) is 33.6 Å². The fourth-order valence-corrected chi connectivity index (χ4v) is 2.97. The molecule has 0 aromatic heterocycles. The molecule has 1 N–H and O–H groups in total. The van der Waals surface area contributed by atoms with E-state index in [0.717, 1.165) is 17.7 Å². The van der Waals surface area contributed by atoms with Crippen LogP contribution in [0.2, 0.25) is 0 Å². The number of sulfonamides is 1. The molecule has 0 aliphatic carbocycles. The first-order valence-corrected chi connectivity index (χ1v) is 8.95. The highest BCUT2D eigenvalue weighted by Gasteiger charge is 2.28. The third-order valence-electron chi connectivity index (χ3n) is 3.86. The zero-order valence-electron chi connectivity index (χ0n) is 12.7. The van der Waals surface area contributed by atoms with Crippen LogP contribution in [0.1, 0.15) is 32.8 Å². The van der Waals surface area contributed by atoms with Crippen molar-refractivity contribution in [2.24, 2.45) is 5.92 Å². The Kier molecular flexibility index (Phi) is 4.56. The van der Waals surface area contributed by atoms with Crippen LogP contribution in [0, 0.1) is 5.92 Å². The Hall–Kier alpha value is -1.56. The van der Waals surface area contributed by atoms with Gasteiger partial charge in [-0.2, -0.15) is 0 Å². The van der Waals surface area contributed by atoms with Crippen molar-refractivity contribution < 1.29 is 13.2 Å². The van der Waals surface area contributed by atoms with Crippen LogP contribution in [0.25, 0.3) is 0 Å². The maximum Gasteiger partial charge on any atom is 0.232 e. The van der Waals surface area contributed by atoms with E-state index in [1.807, 2.05) is 11.0 Å². The van der Waals surface area contributed by atoms with Crippen LogP contribution >= 0.6 is 0 Å². The van der Waals surface area contributed by atoms with E-state index in [0.29, 0.717) is 24.6 Å². The third-order valence-corrected chi connectivity index (χ3v) is 5.16. The smallest absolute Gasteiger partial charge is 0.232 e. The number of hydrogen-bond donors (Lipinski definition) is 1. The highest BCUT2D eigenvalue weighted by Crippen LogP contribution is 2.32. The molecular weight excluding hydrogens is 288 g/mol. The second-order valence-electron chi connectivity index (χ2n) is 5.54.